The third kappa shape index (κ3) is 2.72. The van der Waals surface area contributed by atoms with Gasteiger partial charge in [0, 0.05) is 6.42 Å². The van der Waals surface area contributed by atoms with Gasteiger partial charge in [-0.1, -0.05) is 6.92 Å². The molecule has 0 aromatic carbocycles. The van der Waals surface area contributed by atoms with Gasteiger partial charge in [-0.05, 0) is 19.1 Å². The Morgan fingerprint density at radius 3 is 2.94 bits per heavy atom. The molecule has 2 rings (SSSR count). The molecule has 0 unspecified atom stereocenters. The predicted molar refractivity (Wildman–Crippen MR) is 60.4 cm³/mol. The summed E-state index contributed by atoms with van der Waals surface area (Å²) in [5, 5.41) is 9.21. The van der Waals surface area contributed by atoms with Crippen LogP contribution in [-0.2, 0) is 13.0 Å². The van der Waals surface area contributed by atoms with Gasteiger partial charge in [-0.25, -0.2) is 4.98 Å². The number of hydrogen-bond donors (Lipinski definition) is 2. The second-order valence-corrected chi connectivity index (χ2v) is 3.65. The Morgan fingerprint density at radius 1 is 1.53 bits per heavy atom. The summed E-state index contributed by atoms with van der Waals surface area (Å²) in [6.45, 7) is 4.13. The van der Waals surface area contributed by atoms with E-state index >= 15 is 0 Å². The monoisotopic (exact) mass is 234 g/mol. The molecule has 0 spiro atoms. The molecule has 0 aliphatic carbocycles. The van der Waals surface area contributed by atoms with Crippen molar-refractivity contribution in [3.05, 3.63) is 35.3 Å². The van der Waals surface area contributed by atoms with E-state index in [9.17, 15) is 4.79 Å². The topological polar surface area (TPSA) is 83.8 Å². The zero-order valence-corrected chi connectivity index (χ0v) is 9.78. The first-order chi connectivity index (χ1) is 8.19. The van der Waals surface area contributed by atoms with Crippen LogP contribution in [0.2, 0.25) is 0 Å². The average molecular weight is 234 g/mol. The van der Waals surface area contributed by atoms with Crippen LogP contribution in [0, 0.1) is 6.92 Å². The van der Waals surface area contributed by atoms with E-state index < -0.39 is 0 Å². The summed E-state index contributed by atoms with van der Waals surface area (Å²) in [4.78, 5) is 15.7. The van der Waals surface area contributed by atoms with Gasteiger partial charge in [0.15, 0.2) is 0 Å². The second-order valence-electron chi connectivity index (χ2n) is 3.65. The fraction of sp³-hybridized carbons (Fsp3) is 0.364. The van der Waals surface area contributed by atoms with Gasteiger partial charge in [0.1, 0.15) is 17.3 Å². The fourth-order valence-electron chi connectivity index (χ4n) is 1.38. The first-order valence-corrected chi connectivity index (χ1v) is 5.44. The van der Waals surface area contributed by atoms with E-state index in [0.717, 1.165) is 12.2 Å². The lowest BCUT2D eigenvalue weighted by Crippen LogP contribution is -2.23. The van der Waals surface area contributed by atoms with Gasteiger partial charge < -0.3 is 9.73 Å². The molecule has 90 valence electrons. The number of furan rings is 1. The lowest BCUT2D eigenvalue weighted by molar-refractivity contribution is 0.0938. The number of carbonyl (C=O) groups is 1. The first kappa shape index (κ1) is 11.4. The minimum atomic E-state index is -0.310. The molecule has 2 heterocycles. The number of aromatic nitrogens is 3. The predicted octanol–water partition coefficient (Wildman–Crippen LogP) is 1.20. The molecule has 0 bridgehead atoms. The third-order valence-corrected chi connectivity index (χ3v) is 2.29. The Hall–Kier alpha value is -2.11. The standard InChI is InChI=1S/C11H14N4O2/c1-3-9-13-10(15-14-9)11(16)12-6-8-5-4-7(2)17-8/h4-5H,3,6H2,1-2H3,(H,12,16)(H,13,14,15). The van der Waals surface area contributed by atoms with Gasteiger partial charge in [-0.2, -0.15) is 0 Å². The Labute approximate surface area is 98.4 Å². The van der Waals surface area contributed by atoms with Gasteiger partial charge in [0.05, 0.1) is 6.54 Å². The van der Waals surface area contributed by atoms with E-state index in [1.807, 2.05) is 26.0 Å². The molecule has 2 N–H and O–H groups in total. The van der Waals surface area contributed by atoms with E-state index in [1.165, 1.54) is 0 Å². The number of amides is 1. The molecule has 6 heteroatoms. The van der Waals surface area contributed by atoms with Crippen molar-refractivity contribution in [2.24, 2.45) is 0 Å². The van der Waals surface area contributed by atoms with Crippen molar-refractivity contribution >= 4 is 5.91 Å². The SMILES string of the molecule is CCc1nc(C(=O)NCc2ccc(C)o2)n[nH]1. The van der Waals surface area contributed by atoms with Gasteiger partial charge in [0.2, 0.25) is 5.82 Å². The Balaban J connectivity index is 1.93. The number of nitrogens with zero attached hydrogens (tertiary/aromatic N) is 2. The first-order valence-electron chi connectivity index (χ1n) is 5.44. The Morgan fingerprint density at radius 2 is 2.35 bits per heavy atom. The van der Waals surface area contributed by atoms with Crippen molar-refractivity contribution in [1.29, 1.82) is 0 Å². The highest BCUT2D eigenvalue weighted by Crippen LogP contribution is 2.05. The van der Waals surface area contributed by atoms with E-state index in [-0.39, 0.29) is 11.7 Å². The fourth-order valence-corrected chi connectivity index (χ4v) is 1.38. The molecule has 6 nitrogen and oxygen atoms in total. The summed E-state index contributed by atoms with van der Waals surface area (Å²) in [5.74, 6) is 2.08. The van der Waals surface area contributed by atoms with Crippen LogP contribution in [0.5, 0.6) is 0 Å². The molecule has 17 heavy (non-hydrogen) atoms. The summed E-state index contributed by atoms with van der Waals surface area (Å²) in [6, 6.07) is 3.68. The quantitative estimate of drug-likeness (QED) is 0.832. The van der Waals surface area contributed by atoms with Gasteiger partial charge in [0.25, 0.3) is 5.91 Å². The highest BCUT2D eigenvalue weighted by molar-refractivity contribution is 5.90. The van der Waals surface area contributed by atoms with Crippen LogP contribution in [0.3, 0.4) is 0 Å². The van der Waals surface area contributed by atoms with E-state index in [2.05, 4.69) is 20.5 Å². The molecule has 2 aromatic rings. The molecular formula is C11H14N4O2. The van der Waals surface area contributed by atoms with Crippen molar-refractivity contribution in [2.45, 2.75) is 26.8 Å². The van der Waals surface area contributed by atoms with Crippen molar-refractivity contribution in [3.8, 4) is 0 Å². The van der Waals surface area contributed by atoms with Crippen molar-refractivity contribution in [2.75, 3.05) is 0 Å². The lowest BCUT2D eigenvalue weighted by Gasteiger charge is -1.98. The van der Waals surface area contributed by atoms with Crippen LogP contribution in [0.1, 0.15) is 34.9 Å². The number of nitrogens with one attached hydrogen (secondary N) is 2. The molecule has 2 aromatic heterocycles. The number of carbonyl (C=O) groups excluding carboxylic acids is 1. The van der Waals surface area contributed by atoms with E-state index in [4.69, 9.17) is 4.42 Å². The van der Waals surface area contributed by atoms with Crippen LogP contribution < -0.4 is 5.32 Å². The summed E-state index contributed by atoms with van der Waals surface area (Å²) in [6.07, 6.45) is 0.720. The number of rotatable bonds is 4. The average Bonchev–Trinajstić information content (AvgIpc) is 2.94. The molecule has 0 saturated heterocycles. The third-order valence-electron chi connectivity index (χ3n) is 2.29. The maximum absolute atomic E-state index is 11.7. The number of aryl methyl sites for hydroxylation is 2. The highest BCUT2D eigenvalue weighted by atomic mass is 16.3. The molecule has 0 fully saturated rings. The highest BCUT2D eigenvalue weighted by Gasteiger charge is 2.11. The van der Waals surface area contributed by atoms with E-state index in [0.29, 0.717) is 18.1 Å². The van der Waals surface area contributed by atoms with Crippen LogP contribution in [0.25, 0.3) is 0 Å². The van der Waals surface area contributed by atoms with Gasteiger partial charge >= 0.3 is 0 Å². The number of hydrogen-bond acceptors (Lipinski definition) is 4. The smallest absolute Gasteiger partial charge is 0.291 e. The minimum absolute atomic E-state index is 0.158. The normalized spacial score (nSPS) is 10.5. The van der Waals surface area contributed by atoms with E-state index in [1.54, 1.807) is 0 Å². The van der Waals surface area contributed by atoms with Crippen LogP contribution in [-0.4, -0.2) is 21.1 Å². The van der Waals surface area contributed by atoms with Crippen molar-refractivity contribution in [1.82, 2.24) is 20.5 Å². The second kappa shape index (κ2) is 4.82. The Bertz CT molecular complexity index is 515. The molecule has 0 aliphatic heterocycles. The molecule has 0 saturated carbocycles. The molecule has 1 amide bonds. The summed E-state index contributed by atoms with van der Waals surface area (Å²) in [7, 11) is 0. The van der Waals surface area contributed by atoms with Crippen LogP contribution >= 0.6 is 0 Å². The van der Waals surface area contributed by atoms with Gasteiger partial charge in [-0.3, -0.25) is 9.89 Å². The number of aromatic amines is 1. The van der Waals surface area contributed by atoms with Crippen LogP contribution in [0.15, 0.2) is 16.5 Å². The Kier molecular flexibility index (Phi) is 3.22. The summed E-state index contributed by atoms with van der Waals surface area (Å²) < 4.78 is 5.33. The number of H-pyrrole nitrogens is 1. The maximum Gasteiger partial charge on any atom is 0.291 e. The molecule has 0 atom stereocenters. The maximum atomic E-state index is 11.7. The minimum Gasteiger partial charge on any atom is -0.465 e. The van der Waals surface area contributed by atoms with Crippen molar-refractivity contribution < 1.29 is 9.21 Å². The molecule has 0 aliphatic rings. The zero-order valence-electron chi connectivity index (χ0n) is 9.78. The summed E-state index contributed by atoms with van der Waals surface area (Å²) in [5.41, 5.74) is 0. The van der Waals surface area contributed by atoms with Crippen molar-refractivity contribution in [3.63, 3.8) is 0 Å². The summed E-state index contributed by atoms with van der Waals surface area (Å²) >= 11 is 0. The van der Waals surface area contributed by atoms with Crippen LogP contribution in [0.4, 0.5) is 0 Å². The largest absolute Gasteiger partial charge is 0.465 e. The molecule has 0 radical (unpaired) electrons. The van der Waals surface area contributed by atoms with Gasteiger partial charge in [-0.15, -0.1) is 5.10 Å². The zero-order chi connectivity index (χ0) is 12.3. The molecular weight excluding hydrogens is 220 g/mol. The lowest BCUT2D eigenvalue weighted by atomic mass is 10.4.